The predicted molar refractivity (Wildman–Crippen MR) is 80.2 cm³/mol. The number of nitrogens with two attached hydrogens (primary N) is 1. The van der Waals surface area contributed by atoms with E-state index < -0.39 is 0 Å². The summed E-state index contributed by atoms with van der Waals surface area (Å²) in [5, 5.41) is 0. The number of ether oxygens (including phenoxy) is 1. The highest BCUT2D eigenvalue weighted by molar-refractivity contribution is 5.67. The summed E-state index contributed by atoms with van der Waals surface area (Å²) in [4.78, 5) is 9.06. The van der Waals surface area contributed by atoms with Gasteiger partial charge in [-0.15, -0.1) is 0 Å². The topological polar surface area (TPSA) is 73.1 Å². The Kier molecular flexibility index (Phi) is 5.03. The molecule has 0 bridgehead atoms. The van der Waals surface area contributed by atoms with Crippen molar-refractivity contribution in [2.45, 2.75) is 20.3 Å². The van der Waals surface area contributed by atoms with E-state index in [2.05, 4.69) is 15.4 Å². The summed E-state index contributed by atoms with van der Waals surface area (Å²) in [6, 6.07) is 10.0. The van der Waals surface area contributed by atoms with Gasteiger partial charge in [0.1, 0.15) is 11.6 Å². The lowest BCUT2D eigenvalue weighted by Gasteiger charge is -2.12. The summed E-state index contributed by atoms with van der Waals surface area (Å²) in [5.41, 5.74) is 5.55. The summed E-state index contributed by atoms with van der Waals surface area (Å²) in [5.74, 6) is 6.94. The predicted octanol–water partition coefficient (Wildman–Crippen LogP) is 2.32. The number of nitrogen functional groups attached to an aromatic ring is 1. The molecule has 0 amide bonds. The summed E-state index contributed by atoms with van der Waals surface area (Å²) in [6.07, 6.45) is 0.669. The lowest BCUT2D eigenvalue weighted by Crippen LogP contribution is -2.14. The fraction of sp³-hybridized carbons (Fsp3) is 0.333. The van der Waals surface area contributed by atoms with Crippen molar-refractivity contribution in [3.8, 4) is 11.3 Å². The molecule has 0 aliphatic rings. The van der Waals surface area contributed by atoms with E-state index in [1.54, 1.807) is 0 Å². The highest BCUT2D eigenvalue weighted by Gasteiger charge is 2.11. The SMILES string of the molecule is CCOCCc1nc(NN)c(C)c(-c2ccccc2)n1. The van der Waals surface area contributed by atoms with E-state index in [0.29, 0.717) is 25.5 Å². The van der Waals surface area contributed by atoms with Crippen LogP contribution in [0.4, 0.5) is 5.82 Å². The van der Waals surface area contributed by atoms with Crippen molar-refractivity contribution in [3.63, 3.8) is 0 Å². The van der Waals surface area contributed by atoms with Crippen LogP contribution in [0.5, 0.6) is 0 Å². The average molecular weight is 272 g/mol. The number of rotatable bonds is 6. The molecule has 0 radical (unpaired) electrons. The molecule has 1 aromatic carbocycles. The Morgan fingerprint density at radius 3 is 2.60 bits per heavy atom. The van der Waals surface area contributed by atoms with Gasteiger partial charge in [0, 0.05) is 24.2 Å². The van der Waals surface area contributed by atoms with Crippen LogP contribution in [0.2, 0.25) is 0 Å². The number of anilines is 1. The van der Waals surface area contributed by atoms with Crippen LogP contribution in [-0.2, 0) is 11.2 Å². The monoisotopic (exact) mass is 272 g/mol. The molecule has 2 rings (SSSR count). The standard InChI is InChI=1S/C15H20N4O/c1-3-20-10-9-13-17-14(11(2)15(18-13)19-16)12-7-5-4-6-8-12/h4-8H,3,9-10,16H2,1-2H3,(H,17,18,19). The molecule has 2 aromatic rings. The molecule has 5 heteroatoms. The molecule has 0 aliphatic carbocycles. The van der Waals surface area contributed by atoms with Gasteiger partial charge in [-0.05, 0) is 13.8 Å². The third-order valence-corrected chi connectivity index (χ3v) is 3.05. The van der Waals surface area contributed by atoms with E-state index in [-0.39, 0.29) is 0 Å². The Morgan fingerprint density at radius 2 is 1.95 bits per heavy atom. The number of hydrogen-bond donors (Lipinski definition) is 2. The Hall–Kier alpha value is -1.98. The largest absolute Gasteiger partial charge is 0.381 e. The lowest BCUT2D eigenvalue weighted by atomic mass is 10.1. The molecule has 20 heavy (non-hydrogen) atoms. The first kappa shape index (κ1) is 14.4. The van der Waals surface area contributed by atoms with E-state index in [1.807, 2.05) is 44.2 Å². The zero-order chi connectivity index (χ0) is 14.4. The van der Waals surface area contributed by atoms with Gasteiger partial charge in [0.25, 0.3) is 0 Å². The number of hydrazine groups is 1. The molecule has 0 saturated carbocycles. The molecule has 0 fully saturated rings. The van der Waals surface area contributed by atoms with E-state index in [4.69, 9.17) is 10.6 Å². The van der Waals surface area contributed by atoms with E-state index >= 15 is 0 Å². The minimum Gasteiger partial charge on any atom is -0.381 e. The third kappa shape index (κ3) is 3.31. The van der Waals surface area contributed by atoms with Crippen LogP contribution in [0.15, 0.2) is 30.3 Å². The maximum absolute atomic E-state index is 5.55. The van der Waals surface area contributed by atoms with E-state index in [0.717, 1.165) is 22.6 Å². The van der Waals surface area contributed by atoms with Gasteiger partial charge in [-0.25, -0.2) is 15.8 Å². The third-order valence-electron chi connectivity index (χ3n) is 3.05. The van der Waals surface area contributed by atoms with Crippen molar-refractivity contribution >= 4 is 5.82 Å². The highest BCUT2D eigenvalue weighted by atomic mass is 16.5. The molecule has 3 N–H and O–H groups in total. The Bertz CT molecular complexity index is 557. The molecule has 106 valence electrons. The molecule has 1 aromatic heterocycles. The summed E-state index contributed by atoms with van der Waals surface area (Å²) >= 11 is 0. The minimum atomic E-state index is 0.609. The zero-order valence-electron chi connectivity index (χ0n) is 11.9. The van der Waals surface area contributed by atoms with Crippen LogP contribution in [0, 0.1) is 6.92 Å². The van der Waals surface area contributed by atoms with Gasteiger partial charge in [0.15, 0.2) is 0 Å². The van der Waals surface area contributed by atoms with Crippen LogP contribution >= 0.6 is 0 Å². The molecule has 1 heterocycles. The van der Waals surface area contributed by atoms with Crippen molar-refractivity contribution in [1.29, 1.82) is 0 Å². The first-order chi connectivity index (χ1) is 9.76. The Labute approximate surface area is 119 Å². The number of nitrogens with zero attached hydrogens (tertiary/aromatic N) is 2. The first-order valence-corrected chi connectivity index (χ1v) is 6.73. The molecular formula is C15H20N4O. The fourth-order valence-electron chi connectivity index (χ4n) is 2.00. The van der Waals surface area contributed by atoms with Gasteiger partial charge in [-0.1, -0.05) is 30.3 Å². The molecule has 0 saturated heterocycles. The Morgan fingerprint density at radius 1 is 1.20 bits per heavy atom. The number of aromatic nitrogens is 2. The van der Waals surface area contributed by atoms with Gasteiger partial charge < -0.3 is 10.2 Å². The van der Waals surface area contributed by atoms with Crippen molar-refractivity contribution in [1.82, 2.24) is 9.97 Å². The second kappa shape index (κ2) is 6.98. The number of benzene rings is 1. The Balaban J connectivity index is 2.37. The van der Waals surface area contributed by atoms with Crippen molar-refractivity contribution in [2.24, 2.45) is 5.84 Å². The molecule has 0 unspecified atom stereocenters. The molecule has 0 atom stereocenters. The summed E-state index contributed by atoms with van der Waals surface area (Å²) in [6.45, 7) is 5.24. The molecule has 5 nitrogen and oxygen atoms in total. The van der Waals surface area contributed by atoms with Gasteiger partial charge >= 0.3 is 0 Å². The minimum absolute atomic E-state index is 0.609. The number of nitrogens with one attached hydrogen (secondary N) is 1. The van der Waals surface area contributed by atoms with Gasteiger partial charge in [0.2, 0.25) is 0 Å². The van der Waals surface area contributed by atoms with Crippen LogP contribution in [0.1, 0.15) is 18.3 Å². The van der Waals surface area contributed by atoms with Crippen LogP contribution < -0.4 is 11.3 Å². The summed E-state index contributed by atoms with van der Waals surface area (Å²) < 4.78 is 5.36. The maximum Gasteiger partial charge on any atom is 0.147 e. The maximum atomic E-state index is 5.55. The first-order valence-electron chi connectivity index (χ1n) is 6.73. The molecule has 0 spiro atoms. The highest BCUT2D eigenvalue weighted by Crippen LogP contribution is 2.25. The summed E-state index contributed by atoms with van der Waals surface area (Å²) in [7, 11) is 0. The number of hydrogen-bond acceptors (Lipinski definition) is 5. The van der Waals surface area contributed by atoms with Crippen molar-refractivity contribution < 1.29 is 4.74 Å². The van der Waals surface area contributed by atoms with Crippen molar-refractivity contribution in [2.75, 3.05) is 18.6 Å². The second-order valence-corrected chi connectivity index (χ2v) is 4.42. The fourth-order valence-corrected chi connectivity index (χ4v) is 2.00. The van der Waals surface area contributed by atoms with Gasteiger partial charge in [-0.3, -0.25) is 0 Å². The van der Waals surface area contributed by atoms with Crippen LogP contribution in [-0.4, -0.2) is 23.2 Å². The van der Waals surface area contributed by atoms with Crippen molar-refractivity contribution in [3.05, 3.63) is 41.7 Å². The van der Waals surface area contributed by atoms with E-state index in [9.17, 15) is 0 Å². The van der Waals surface area contributed by atoms with Gasteiger partial charge in [0.05, 0.1) is 12.3 Å². The second-order valence-electron chi connectivity index (χ2n) is 4.42. The molecule has 0 aliphatic heterocycles. The van der Waals surface area contributed by atoms with Crippen LogP contribution in [0.25, 0.3) is 11.3 Å². The molecular weight excluding hydrogens is 252 g/mol. The average Bonchev–Trinajstić information content (AvgIpc) is 2.49. The van der Waals surface area contributed by atoms with Crippen LogP contribution in [0.3, 0.4) is 0 Å². The normalized spacial score (nSPS) is 10.6. The smallest absolute Gasteiger partial charge is 0.147 e. The van der Waals surface area contributed by atoms with E-state index in [1.165, 1.54) is 0 Å². The zero-order valence-corrected chi connectivity index (χ0v) is 11.9. The lowest BCUT2D eigenvalue weighted by molar-refractivity contribution is 0.149. The van der Waals surface area contributed by atoms with Gasteiger partial charge in [-0.2, -0.15) is 0 Å². The quantitative estimate of drug-likeness (QED) is 0.479.